The van der Waals surface area contributed by atoms with E-state index >= 15 is 0 Å². The van der Waals surface area contributed by atoms with Crippen LogP contribution in [0.15, 0.2) is 65.2 Å². The number of hydrogen-bond acceptors (Lipinski definition) is 7. The number of methoxy groups -OCH3 is 1. The van der Waals surface area contributed by atoms with Crippen LogP contribution in [0.4, 0.5) is 4.79 Å². The van der Waals surface area contributed by atoms with Crippen LogP contribution in [-0.2, 0) is 16.9 Å². The fourth-order valence-corrected chi connectivity index (χ4v) is 4.68. The topological polar surface area (TPSA) is 134 Å². The number of rotatable bonds is 5. The summed E-state index contributed by atoms with van der Waals surface area (Å²) in [4.78, 5) is 44.5. The summed E-state index contributed by atoms with van der Waals surface area (Å²) < 4.78 is 11.2. The first kappa shape index (κ1) is 21.7. The van der Waals surface area contributed by atoms with E-state index in [-0.39, 0.29) is 30.5 Å². The molecule has 4 heterocycles. The van der Waals surface area contributed by atoms with Crippen molar-refractivity contribution in [3.8, 4) is 22.8 Å². The zero-order valence-corrected chi connectivity index (χ0v) is 19.1. The maximum absolute atomic E-state index is 13.2. The van der Waals surface area contributed by atoms with E-state index in [2.05, 4.69) is 15.6 Å². The van der Waals surface area contributed by atoms with E-state index in [0.29, 0.717) is 28.0 Å². The second-order valence-corrected chi connectivity index (χ2v) is 8.76. The maximum Gasteiger partial charge on any atom is 0.322 e. The summed E-state index contributed by atoms with van der Waals surface area (Å²) in [5.74, 6) is 0.00303. The second-order valence-electron chi connectivity index (χ2n) is 8.76. The first-order chi connectivity index (χ1) is 17.4. The largest absolute Gasteiger partial charge is 0.508 e. The highest BCUT2D eigenvalue weighted by Gasteiger charge is 2.53. The quantitative estimate of drug-likeness (QED) is 0.371. The number of phenolic OH excluding ortho intramolecular Hbond substituents is 1. The Morgan fingerprint density at radius 1 is 1.11 bits per heavy atom. The number of ether oxygens (including phenoxy) is 1. The van der Waals surface area contributed by atoms with Crippen molar-refractivity contribution in [2.45, 2.75) is 12.1 Å². The number of benzene rings is 2. The second kappa shape index (κ2) is 7.84. The van der Waals surface area contributed by atoms with Crippen molar-refractivity contribution in [1.29, 1.82) is 0 Å². The Labute approximate surface area is 204 Å². The SMILES string of the molecule is COc1ccc2c(c1)C(=O)N(CC1(c3cc4cc(-c5ccc(O)cc5)ncc4o3)NC(=O)NC1=O)C2. The third kappa shape index (κ3) is 3.34. The molecule has 2 aliphatic rings. The number of nitrogens with zero attached hydrogens (tertiary/aromatic N) is 2. The third-order valence-corrected chi connectivity index (χ3v) is 6.55. The number of furan rings is 1. The van der Waals surface area contributed by atoms with Gasteiger partial charge in [0.2, 0.25) is 0 Å². The van der Waals surface area contributed by atoms with Crippen molar-refractivity contribution in [1.82, 2.24) is 20.5 Å². The van der Waals surface area contributed by atoms with Crippen LogP contribution in [0.1, 0.15) is 21.7 Å². The molecule has 0 bridgehead atoms. The van der Waals surface area contributed by atoms with Gasteiger partial charge in [-0.3, -0.25) is 19.9 Å². The van der Waals surface area contributed by atoms with E-state index in [0.717, 1.165) is 11.1 Å². The zero-order chi connectivity index (χ0) is 25.0. The molecule has 0 spiro atoms. The van der Waals surface area contributed by atoms with Gasteiger partial charge in [0.25, 0.3) is 11.8 Å². The molecule has 6 rings (SSSR count). The van der Waals surface area contributed by atoms with Gasteiger partial charge >= 0.3 is 6.03 Å². The lowest BCUT2D eigenvalue weighted by atomic mass is 9.95. The molecule has 180 valence electrons. The van der Waals surface area contributed by atoms with Crippen molar-refractivity contribution in [2.75, 3.05) is 13.7 Å². The van der Waals surface area contributed by atoms with Crippen LogP contribution in [0.5, 0.6) is 11.5 Å². The molecule has 2 aromatic carbocycles. The summed E-state index contributed by atoms with van der Waals surface area (Å²) in [5.41, 5.74) is 1.52. The molecule has 0 radical (unpaired) electrons. The number of carbonyl (C=O) groups excluding carboxylic acids is 3. The molecule has 2 aliphatic heterocycles. The lowest BCUT2D eigenvalue weighted by molar-refractivity contribution is -0.125. The summed E-state index contributed by atoms with van der Waals surface area (Å²) in [6.07, 6.45) is 1.53. The number of carbonyl (C=O) groups is 3. The monoisotopic (exact) mass is 484 g/mol. The average molecular weight is 484 g/mol. The molecule has 0 aliphatic carbocycles. The van der Waals surface area contributed by atoms with Crippen LogP contribution in [0.25, 0.3) is 22.2 Å². The fourth-order valence-electron chi connectivity index (χ4n) is 4.68. The summed E-state index contributed by atoms with van der Waals surface area (Å²) in [5, 5.41) is 15.2. The van der Waals surface area contributed by atoms with Gasteiger partial charge in [0.05, 0.1) is 25.5 Å². The van der Waals surface area contributed by atoms with Crippen LogP contribution in [-0.4, -0.2) is 46.5 Å². The summed E-state index contributed by atoms with van der Waals surface area (Å²) in [6.45, 7) is 0.147. The maximum atomic E-state index is 13.2. The van der Waals surface area contributed by atoms with E-state index in [4.69, 9.17) is 9.15 Å². The van der Waals surface area contributed by atoms with Crippen molar-refractivity contribution < 1.29 is 28.6 Å². The number of amides is 4. The molecule has 36 heavy (non-hydrogen) atoms. The lowest BCUT2D eigenvalue weighted by Gasteiger charge is -2.29. The highest BCUT2D eigenvalue weighted by atomic mass is 16.5. The minimum Gasteiger partial charge on any atom is -0.508 e. The third-order valence-electron chi connectivity index (χ3n) is 6.55. The number of aromatic nitrogens is 1. The molecule has 1 saturated heterocycles. The van der Waals surface area contributed by atoms with Crippen molar-refractivity contribution in [3.63, 3.8) is 0 Å². The van der Waals surface area contributed by atoms with Crippen molar-refractivity contribution >= 4 is 28.8 Å². The summed E-state index contributed by atoms with van der Waals surface area (Å²) in [6, 6.07) is 14.6. The molecule has 1 unspecified atom stereocenters. The molecule has 4 aromatic rings. The van der Waals surface area contributed by atoms with E-state index in [9.17, 15) is 19.5 Å². The van der Waals surface area contributed by atoms with Gasteiger partial charge in [-0.25, -0.2) is 4.79 Å². The average Bonchev–Trinajstić information content (AvgIpc) is 3.53. The first-order valence-electron chi connectivity index (χ1n) is 11.2. The molecule has 4 amide bonds. The van der Waals surface area contributed by atoms with Crippen LogP contribution >= 0.6 is 0 Å². The van der Waals surface area contributed by atoms with Gasteiger partial charge in [-0.1, -0.05) is 6.07 Å². The fraction of sp³-hybridized carbons (Fsp3) is 0.154. The predicted octanol–water partition coefficient (Wildman–Crippen LogP) is 2.90. The Morgan fingerprint density at radius 3 is 2.64 bits per heavy atom. The van der Waals surface area contributed by atoms with Crippen LogP contribution < -0.4 is 15.4 Å². The van der Waals surface area contributed by atoms with Gasteiger partial charge in [-0.2, -0.15) is 0 Å². The Balaban J connectivity index is 1.38. The van der Waals surface area contributed by atoms with E-state index in [1.54, 1.807) is 48.5 Å². The van der Waals surface area contributed by atoms with Crippen molar-refractivity contribution in [3.05, 3.63) is 77.7 Å². The minimum atomic E-state index is -1.61. The molecule has 1 atom stereocenters. The normalized spacial score (nSPS) is 18.9. The minimum absolute atomic E-state index is 0.127. The summed E-state index contributed by atoms with van der Waals surface area (Å²) >= 11 is 0. The van der Waals surface area contributed by atoms with Gasteiger partial charge in [0.15, 0.2) is 11.1 Å². The van der Waals surface area contributed by atoms with Gasteiger partial charge < -0.3 is 24.5 Å². The number of nitrogens with one attached hydrogen (secondary N) is 2. The smallest absolute Gasteiger partial charge is 0.322 e. The summed E-state index contributed by atoms with van der Waals surface area (Å²) in [7, 11) is 1.52. The van der Waals surface area contributed by atoms with Gasteiger partial charge in [0.1, 0.15) is 17.3 Å². The van der Waals surface area contributed by atoms with Crippen LogP contribution in [0, 0.1) is 0 Å². The van der Waals surface area contributed by atoms with E-state index in [1.165, 1.54) is 18.2 Å². The first-order valence-corrected chi connectivity index (χ1v) is 11.2. The Kier molecular flexibility index (Phi) is 4.72. The van der Waals surface area contributed by atoms with Crippen LogP contribution in [0.2, 0.25) is 0 Å². The molecule has 1 fully saturated rings. The molecule has 3 N–H and O–H groups in total. The standard InChI is InChI=1S/C26H20N4O6/c1-35-18-7-4-15-12-30(23(32)19(15)10-18)13-26(24(33)28-25(34)29-26)22-9-16-8-20(27-11-21(16)36-22)14-2-5-17(31)6-3-14/h2-11,31H,12-13H2,1H3,(H2,28,29,33,34). The number of fused-ring (bicyclic) bond motifs is 2. The number of urea groups is 1. The van der Waals surface area contributed by atoms with Crippen LogP contribution in [0.3, 0.4) is 0 Å². The predicted molar refractivity (Wildman–Crippen MR) is 127 cm³/mol. The lowest BCUT2D eigenvalue weighted by Crippen LogP contribution is -2.52. The zero-order valence-electron chi connectivity index (χ0n) is 19.1. The Morgan fingerprint density at radius 2 is 1.92 bits per heavy atom. The van der Waals surface area contributed by atoms with E-state index in [1.807, 2.05) is 6.07 Å². The Hall–Kier alpha value is -4.86. The molecule has 10 heteroatoms. The van der Waals surface area contributed by atoms with Gasteiger partial charge in [-0.15, -0.1) is 0 Å². The Bertz CT molecular complexity index is 1560. The molecule has 0 saturated carbocycles. The molecular weight excluding hydrogens is 464 g/mol. The highest BCUT2D eigenvalue weighted by Crippen LogP contribution is 2.35. The van der Waals surface area contributed by atoms with Gasteiger partial charge in [0, 0.05) is 23.1 Å². The number of phenols is 1. The highest BCUT2D eigenvalue weighted by molar-refractivity contribution is 6.08. The number of hydrogen-bond donors (Lipinski definition) is 3. The van der Waals surface area contributed by atoms with E-state index < -0.39 is 17.5 Å². The van der Waals surface area contributed by atoms with Crippen molar-refractivity contribution in [2.24, 2.45) is 0 Å². The number of pyridine rings is 1. The molecule has 10 nitrogen and oxygen atoms in total. The van der Waals surface area contributed by atoms with Gasteiger partial charge in [-0.05, 0) is 54.1 Å². The number of imide groups is 1. The number of aromatic hydroxyl groups is 1. The molecular formula is C26H20N4O6. The molecule has 2 aromatic heterocycles.